The number of ether oxygens (including phenoxy) is 1. The molecule has 0 saturated carbocycles. The minimum absolute atomic E-state index is 0.0205. The van der Waals surface area contributed by atoms with Crippen LogP contribution in [0.25, 0.3) is 0 Å². The van der Waals surface area contributed by atoms with Crippen molar-refractivity contribution in [1.29, 1.82) is 0 Å². The molecule has 0 radical (unpaired) electrons. The Balaban J connectivity index is 1.60. The van der Waals surface area contributed by atoms with E-state index in [0.29, 0.717) is 21.5 Å². The second-order valence-electron chi connectivity index (χ2n) is 6.50. The maximum atomic E-state index is 12.5. The van der Waals surface area contributed by atoms with Crippen molar-refractivity contribution in [2.24, 2.45) is 0 Å². The van der Waals surface area contributed by atoms with Gasteiger partial charge < -0.3 is 10.1 Å². The maximum absolute atomic E-state index is 12.5. The van der Waals surface area contributed by atoms with Gasteiger partial charge in [0.25, 0.3) is 15.9 Å². The lowest BCUT2D eigenvalue weighted by Crippen LogP contribution is -2.20. The number of benzene rings is 3. The van der Waals surface area contributed by atoms with Crippen molar-refractivity contribution in [3.05, 3.63) is 81.3 Å². The van der Waals surface area contributed by atoms with Crippen LogP contribution in [0.2, 0.25) is 15.1 Å². The van der Waals surface area contributed by atoms with Crippen LogP contribution in [-0.2, 0) is 14.8 Å². The molecule has 3 aromatic carbocycles. The van der Waals surface area contributed by atoms with Gasteiger partial charge in [-0.25, -0.2) is 8.42 Å². The first-order valence-electron chi connectivity index (χ1n) is 8.91. The molecule has 0 saturated heterocycles. The Morgan fingerprint density at radius 2 is 1.65 bits per heavy atom. The Morgan fingerprint density at radius 1 is 0.935 bits per heavy atom. The number of sulfonamides is 1. The van der Waals surface area contributed by atoms with Gasteiger partial charge in [0.15, 0.2) is 6.61 Å². The van der Waals surface area contributed by atoms with Gasteiger partial charge in [0.2, 0.25) is 0 Å². The summed E-state index contributed by atoms with van der Waals surface area (Å²) in [6.45, 7) is 1.59. The van der Waals surface area contributed by atoms with Crippen LogP contribution in [0, 0.1) is 6.92 Å². The summed E-state index contributed by atoms with van der Waals surface area (Å²) in [5, 5.41) is 3.86. The predicted octanol–water partition coefficient (Wildman–Crippen LogP) is 5.77. The molecule has 0 aliphatic rings. The molecule has 1 amide bonds. The van der Waals surface area contributed by atoms with Crippen molar-refractivity contribution in [2.45, 2.75) is 11.8 Å². The van der Waals surface area contributed by atoms with Gasteiger partial charge in [-0.1, -0.05) is 34.8 Å². The van der Waals surface area contributed by atoms with E-state index in [4.69, 9.17) is 39.5 Å². The fourth-order valence-electron chi connectivity index (χ4n) is 2.59. The quantitative estimate of drug-likeness (QED) is 0.432. The Hall–Kier alpha value is -2.45. The summed E-state index contributed by atoms with van der Waals surface area (Å²) >= 11 is 17.7. The van der Waals surface area contributed by atoms with Gasteiger partial charge in [-0.3, -0.25) is 9.52 Å². The smallest absolute Gasteiger partial charge is 0.262 e. The fourth-order valence-corrected chi connectivity index (χ4v) is 4.17. The third-order valence-corrected chi connectivity index (χ3v) is 6.51. The highest BCUT2D eigenvalue weighted by molar-refractivity contribution is 7.92. The van der Waals surface area contributed by atoms with Crippen LogP contribution in [-0.4, -0.2) is 20.9 Å². The number of aryl methyl sites for hydroxylation is 1. The molecular weight excluding hydrogens is 483 g/mol. The standard InChI is InChI=1S/C21H17Cl3N2O4S/c1-13-10-14(22)2-9-20(13)25-21(27)12-30-16-4-6-17(7-5-16)31(28,29)26-15-3-8-18(23)19(24)11-15/h2-11,26H,12H2,1H3,(H,25,27). The van der Waals surface area contributed by atoms with E-state index in [1.807, 2.05) is 6.92 Å². The van der Waals surface area contributed by atoms with Crippen LogP contribution in [0.15, 0.2) is 65.6 Å². The molecule has 0 aliphatic heterocycles. The van der Waals surface area contributed by atoms with Crippen molar-refractivity contribution in [1.82, 2.24) is 0 Å². The van der Waals surface area contributed by atoms with E-state index in [1.54, 1.807) is 18.2 Å². The molecule has 0 aliphatic carbocycles. The second kappa shape index (κ2) is 9.78. The van der Waals surface area contributed by atoms with Crippen LogP contribution >= 0.6 is 34.8 Å². The summed E-state index contributed by atoms with van der Waals surface area (Å²) in [4.78, 5) is 12.1. The lowest BCUT2D eigenvalue weighted by molar-refractivity contribution is -0.118. The van der Waals surface area contributed by atoms with Gasteiger partial charge in [-0.15, -0.1) is 0 Å². The van der Waals surface area contributed by atoms with Gasteiger partial charge in [0.1, 0.15) is 5.75 Å². The summed E-state index contributed by atoms with van der Waals surface area (Å²) in [5.41, 5.74) is 1.74. The topological polar surface area (TPSA) is 84.5 Å². The Morgan fingerprint density at radius 3 is 2.29 bits per heavy atom. The molecule has 0 atom stereocenters. The Labute approximate surface area is 195 Å². The van der Waals surface area contributed by atoms with E-state index >= 15 is 0 Å². The Kier molecular flexibility index (Phi) is 7.33. The molecule has 6 nitrogen and oxygen atoms in total. The highest BCUT2D eigenvalue weighted by Crippen LogP contribution is 2.27. The Bertz CT molecular complexity index is 1220. The summed E-state index contributed by atoms with van der Waals surface area (Å²) in [5.74, 6) is -0.0140. The molecule has 0 unspecified atom stereocenters. The molecule has 2 N–H and O–H groups in total. The number of carbonyl (C=O) groups excluding carboxylic acids is 1. The van der Waals surface area contributed by atoms with E-state index in [9.17, 15) is 13.2 Å². The van der Waals surface area contributed by atoms with Gasteiger partial charge in [-0.05, 0) is 73.2 Å². The maximum Gasteiger partial charge on any atom is 0.262 e. The third-order valence-electron chi connectivity index (χ3n) is 4.14. The van der Waals surface area contributed by atoms with Crippen molar-refractivity contribution < 1.29 is 17.9 Å². The lowest BCUT2D eigenvalue weighted by Gasteiger charge is -2.11. The predicted molar refractivity (Wildman–Crippen MR) is 124 cm³/mol. The van der Waals surface area contributed by atoms with Crippen molar-refractivity contribution in [2.75, 3.05) is 16.6 Å². The normalized spacial score (nSPS) is 11.1. The number of anilines is 2. The van der Waals surface area contributed by atoms with Crippen LogP contribution in [0.3, 0.4) is 0 Å². The molecule has 3 rings (SSSR count). The molecular formula is C21H17Cl3N2O4S. The minimum atomic E-state index is -3.84. The van der Waals surface area contributed by atoms with Gasteiger partial charge in [0.05, 0.1) is 20.6 Å². The van der Waals surface area contributed by atoms with E-state index in [2.05, 4.69) is 10.0 Å². The van der Waals surface area contributed by atoms with E-state index in [1.165, 1.54) is 42.5 Å². The summed E-state index contributed by atoms with van der Waals surface area (Å²) in [6.07, 6.45) is 0. The number of halogens is 3. The first-order chi connectivity index (χ1) is 14.6. The number of rotatable bonds is 7. The van der Waals surface area contributed by atoms with Crippen LogP contribution in [0.1, 0.15) is 5.56 Å². The number of hydrogen-bond acceptors (Lipinski definition) is 4. The number of nitrogens with one attached hydrogen (secondary N) is 2. The molecule has 0 bridgehead atoms. The number of amides is 1. The van der Waals surface area contributed by atoms with Gasteiger partial charge in [-0.2, -0.15) is 0 Å². The molecule has 0 aromatic heterocycles. The molecule has 0 spiro atoms. The summed E-state index contributed by atoms with van der Waals surface area (Å²) < 4.78 is 32.9. The average Bonchev–Trinajstić information content (AvgIpc) is 2.71. The number of hydrogen-bond donors (Lipinski definition) is 2. The molecule has 31 heavy (non-hydrogen) atoms. The van der Waals surface area contributed by atoms with Crippen molar-refractivity contribution in [3.8, 4) is 5.75 Å². The average molecular weight is 500 g/mol. The molecule has 0 fully saturated rings. The van der Waals surface area contributed by atoms with E-state index in [-0.39, 0.29) is 28.1 Å². The second-order valence-corrected chi connectivity index (χ2v) is 9.44. The zero-order chi connectivity index (χ0) is 22.6. The van der Waals surface area contributed by atoms with Gasteiger partial charge in [0, 0.05) is 10.7 Å². The first kappa shape index (κ1) is 23.2. The van der Waals surface area contributed by atoms with Crippen LogP contribution in [0.4, 0.5) is 11.4 Å². The highest BCUT2D eigenvalue weighted by Gasteiger charge is 2.15. The largest absolute Gasteiger partial charge is 0.484 e. The lowest BCUT2D eigenvalue weighted by atomic mass is 10.2. The number of carbonyl (C=O) groups is 1. The van der Waals surface area contributed by atoms with E-state index < -0.39 is 10.0 Å². The van der Waals surface area contributed by atoms with Crippen LogP contribution in [0.5, 0.6) is 5.75 Å². The third kappa shape index (κ3) is 6.27. The monoisotopic (exact) mass is 498 g/mol. The molecule has 0 heterocycles. The molecule has 3 aromatic rings. The molecule has 10 heteroatoms. The summed E-state index contributed by atoms with van der Waals surface area (Å²) in [7, 11) is -3.84. The van der Waals surface area contributed by atoms with Gasteiger partial charge >= 0.3 is 0 Å². The van der Waals surface area contributed by atoms with E-state index in [0.717, 1.165) is 5.56 Å². The zero-order valence-electron chi connectivity index (χ0n) is 16.2. The van der Waals surface area contributed by atoms with Crippen LogP contribution < -0.4 is 14.8 Å². The SMILES string of the molecule is Cc1cc(Cl)ccc1NC(=O)COc1ccc(S(=O)(=O)Nc2ccc(Cl)c(Cl)c2)cc1. The molecule has 162 valence electrons. The van der Waals surface area contributed by atoms with Crippen molar-refractivity contribution >= 4 is 62.1 Å². The van der Waals surface area contributed by atoms with Crippen molar-refractivity contribution in [3.63, 3.8) is 0 Å². The highest BCUT2D eigenvalue weighted by atomic mass is 35.5. The zero-order valence-corrected chi connectivity index (χ0v) is 19.2. The first-order valence-corrected chi connectivity index (χ1v) is 11.5. The summed E-state index contributed by atoms with van der Waals surface area (Å²) in [6, 6.07) is 15.2. The fraction of sp³-hybridized carbons (Fsp3) is 0.0952. The minimum Gasteiger partial charge on any atom is -0.484 e.